The molecule has 216 valence electrons. The number of amides is 4. The Morgan fingerprint density at radius 1 is 0.643 bits per heavy atom. The zero-order valence-corrected chi connectivity index (χ0v) is 23.8. The number of nitrogens with one attached hydrogen (secondary N) is 6. The molecule has 0 saturated heterocycles. The van der Waals surface area contributed by atoms with E-state index in [0.29, 0.717) is 32.5 Å². The van der Waals surface area contributed by atoms with Gasteiger partial charge in [-0.1, -0.05) is 35.7 Å². The van der Waals surface area contributed by atoms with E-state index in [2.05, 4.69) is 41.6 Å². The first-order valence-electron chi connectivity index (χ1n) is 12.2. The highest BCUT2D eigenvalue weighted by atomic mass is 32.2. The summed E-state index contributed by atoms with van der Waals surface area (Å²) in [5, 5.41) is 1.91. The molecule has 4 aromatic rings. The van der Waals surface area contributed by atoms with Crippen LogP contribution in [-0.2, 0) is 9.59 Å². The first-order chi connectivity index (χ1) is 20.0. The van der Waals surface area contributed by atoms with Gasteiger partial charge >= 0.3 is 0 Å². The van der Waals surface area contributed by atoms with Gasteiger partial charge in [0.1, 0.15) is 0 Å². The Kier molecular flexibility index (Phi) is 9.72. The smallest absolute Gasteiger partial charge is 0.269 e. The first kappa shape index (κ1) is 30.0. The molecule has 42 heavy (non-hydrogen) atoms. The Balaban J connectivity index is 1.26. The molecule has 4 rings (SSSR count). The second-order valence-electron chi connectivity index (χ2n) is 8.74. The minimum Gasteiger partial charge on any atom is -0.301 e. The highest BCUT2D eigenvalue weighted by Gasteiger charge is 2.12. The summed E-state index contributed by atoms with van der Waals surface area (Å²) in [5.41, 5.74) is 10.2. The van der Waals surface area contributed by atoms with E-state index in [4.69, 9.17) is 0 Å². The van der Waals surface area contributed by atoms with Crippen LogP contribution in [0.5, 0.6) is 0 Å². The van der Waals surface area contributed by atoms with E-state index < -0.39 is 23.6 Å². The molecule has 0 spiro atoms. The number of aromatic amines is 2. The topological polar surface area (TPSA) is 208 Å². The van der Waals surface area contributed by atoms with Gasteiger partial charge in [-0.15, -0.1) is 0 Å². The maximum absolute atomic E-state index is 12.5. The number of carbonyl (C=O) groups is 4. The molecule has 0 radical (unpaired) electrons. The number of carbonyl (C=O) groups excluding carboxylic acids is 4. The Morgan fingerprint density at radius 3 is 1.43 bits per heavy atom. The largest absolute Gasteiger partial charge is 0.301 e. The number of hydrogen-bond donors (Lipinski definition) is 6. The minimum absolute atomic E-state index is 0.0840. The highest BCUT2D eigenvalue weighted by Crippen LogP contribution is 2.18. The average molecular weight is 609 g/mol. The Hall–Kier alpha value is -4.96. The van der Waals surface area contributed by atoms with Gasteiger partial charge < -0.3 is 9.97 Å². The SMILES string of the molecule is Cc1cc(=O)[nH]c(SCC(=O)NNC(=O)c2ccc3cc(C(=O)NNC(=O)CSc4nc(C)cc(=O)[nH]4)ccc3c2)n1. The molecule has 0 unspecified atom stereocenters. The molecule has 6 N–H and O–H groups in total. The summed E-state index contributed by atoms with van der Waals surface area (Å²) >= 11 is 2.03. The van der Waals surface area contributed by atoms with Gasteiger partial charge in [-0.25, -0.2) is 9.97 Å². The van der Waals surface area contributed by atoms with Crippen molar-refractivity contribution in [3.63, 3.8) is 0 Å². The summed E-state index contributed by atoms with van der Waals surface area (Å²) in [6, 6.07) is 12.2. The van der Waals surface area contributed by atoms with Crippen LogP contribution >= 0.6 is 23.5 Å². The summed E-state index contributed by atoms with van der Waals surface area (Å²) in [6.07, 6.45) is 0. The predicted molar refractivity (Wildman–Crippen MR) is 156 cm³/mol. The highest BCUT2D eigenvalue weighted by molar-refractivity contribution is 8.00. The number of fused-ring (bicyclic) bond motifs is 1. The van der Waals surface area contributed by atoms with Crippen LogP contribution in [0.2, 0.25) is 0 Å². The lowest BCUT2D eigenvalue weighted by molar-refractivity contribution is -0.120. The lowest BCUT2D eigenvalue weighted by Crippen LogP contribution is -2.42. The number of hydrazine groups is 2. The Labute approximate surface area is 245 Å². The van der Waals surface area contributed by atoms with Crippen molar-refractivity contribution in [3.05, 3.63) is 91.8 Å². The third-order valence-electron chi connectivity index (χ3n) is 5.37. The van der Waals surface area contributed by atoms with E-state index >= 15 is 0 Å². The van der Waals surface area contributed by atoms with Gasteiger partial charge in [-0.2, -0.15) is 0 Å². The third-order valence-corrected chi connectivity index (χ3v) is 7.12. The third kappa shape index (κ3) is 8.52. The van der Waals surface area contributed by atoms with Gasteiger partial charge in [0.15, 0.2) is 10.3 Å². The zero-order chi connectivity index (χ0) is 30.2. The van der Waals surface area contributed by atoms with Crippen molar-refractivity contribution < 1.29 is 19.2 Å². The van der Waals surface area contributed by atoms with Crippen molar-refractivity contribution in [2.45, 2.75) is 24.2 Å². The van der Waals surface area contributed by atoms with E-state index in [1.807, 2.05) is 0 Å². The van der Waals surface area contributed by atoms with Crippen molar-refractivity contribution in [1.29, 1.82) is 0 Å². The van der Waals surface area contributed by atoms with Crippen molar-refractivity contribution in [2.75, 3.05) is 11.5 Å². The van der Waals surface area contributed by atoms with Crippen LogP contribution in [0.4, 0.5) is 0 Å². The molecule has 0 fully saturated rings. The molecule has 2 aromatic heterocycles. The minimum atomic E-state index is -0.551. The van der Waals surface area contributed by atoms with E-state index in [1.165, 1.54) is 24.3 Å². The standard InChI is InChI=1S/C26H24N8O6S2/c1-13-7-19(35)29-25(27-13)41-11-21(37)31-33-23(39)17-5-3-16-10-18(6-4-15(16)9-17)24(40)34-32-22(38)12-42-26-28-14(2)8-20(36)30-26/h3-10H,11-12H2,1-2H3,(H,31,37)(H,32,38)(H,33,39)(H,34,40)(H,27,29,35)(H,28,30,36). The molecule has 0 aliphatic heterocycles. The fourth-order valence-electron chi connectivity index (χ4n) is 3.51. The molecular formula is C26H24N8O6S2. The maximum Gasteiger partial charge on any atom is 0.269 e. The molecule has 2 aromatic carbocycles. The summed E-state index contributed by atoms with van der Waals surface area (Å²) in [7, 11) is 0. The van der Waals surface area contributed by atoms with E-state index in [9.17, 15) is 28.8 Å². The number of thioether (sulfide) groups is 2. The predicted octanol–water partition coefficient (Wildman–Crippen LogP) is 0.730. The molecule has 0 atom stereocenters. The molecule has 0 aliphatic rings. The van der Waals surface area contributed by atoms with Crippen LogP contribution in [0.1, 0.15) is 32.1 Å². The number of hydrogen-bond acceptors (Lipinski definition) is 10. The van der Waals surface area contributed by atoms with Gasteiger partial charge in [0.05, 0.1) is 11.5 Å². The van der Waals surface area contributed by atoms with E-state index in [-0.39, 0.29) is 33.8 Å². The monoisotopic (exact) mass is 608 g/mol. The fourth-order valence-corrected chi connectivity index (χ4v) is 4.95. The number of rotatable bonds is 8. The van der Waals surface area contributed by atoms with E-state index in [0.717, 1.165) is 23.5 Å². The van der Waals surface area contributed by atoms with Crippen molar-refractivity contribution in [2.24, 2.45) is 0 Å². The molecule has 4 amide bonds. The normalized spacial score (nSPS) is 10.6. The lowest BCUT2D eigenvalue weighted by atomic mass is 10.0. The van der Waals surface area contributed by atoms with Crippen LogP contribution < -0.4 is 32.8 Å². The number of aryl methyl sites for hydroxylation is 2. The molecule has 0 aliphatic carbocycles. The van der Waals surface area contributed by atoms with Gasteiger partial charge in [0, 0.05) is 34.6 Å². The van der Waals surface area contributed by atoms with Gasteiger partial charge in [-0.3, -0.25) is 50.5 Å². The number of aromatic nitrogens is 4. The van der Waals surface area contributed by atoms with Crippen LogP contribution in [0.3, 0.4) is 0 Å². The molecule has 2 heterocycles. The van der Waals surface area contributed by atoms with Crippen LogP contribution in [0.25, 0.3) is 10.8 Å². The average Bonchev–Trinajstić information content (AvgIpc) is 2.95. The number of benzene rings is 2. The Bertz CT molecular complexity index is 1680. The summed E-state index contributed by atoms with van der Waals surface area (Å²) in [5.74, 6) is -2.27. The van der Waals surface area contributed by atoms with Crippen LogP contribution in [0, 0.1) is 13.8 Å². The van der Waals surface area contributed by atoms with Crippen molar-refractivity contribution in [1.82, 2.24) is 41.6 Å². The first-order valence-corrected chi connectivity index (χ1v) is 14.2. The maximum atomic E-state index is 12.5. The second kappa shape index (κ2) is 13.6. The fraction of sp³-hybridized carbons (Fsp3) is 0.154. The molecule has 0 bridgehead atoms. The van der Waals surface area contributed by atoms with E-state index in [1.54, 1.807) is 38.1 Å². The molecule has 14 nitrogen and oxygen atoms in total. The molecule has 0 saturated carbocycles. The van der Waals surface area contributed by atoms with Crippen LogP contribution in [0.15, 0.2) is 68.4 Å². The summed E-state index contributed by atoms with van der Waals surface area (Å²) < 4.78 is 0. The number of H-pyrrole nitrogens is 2. The Morgan fingerprint density at radius 2 is 1.05 bits per heavy atom. The van der Waals surface area contributed by atoms with Crippen LogP contribution in [-0.4, -0.2) is 55.1 Å². The summed E-state index contributed by atoms with van der Waals surface area (Å²) in [6.45, 7) is 3.33. The summed E-state index contributed by atoms with van der Waals surface area (Å²) in [4.78, 5) is 85.6. The van der Waals surface area contributed by atoms with Gasteiger partial charge in [-0.05, 0) is 48.9 Å². The van der Waals surface area contributed by atoms with Gasteiger partial charge in [0.2, 0.25) is 11.8 Å². The van der Waals surface area contributed by atoms with Crippen molar-refractivity contribution >= 4 is 57.9 Å². The zero-order valence-electron chi connectivity index (χ0n) is 22.2. The lowest BCUT2D eigenvalue weighted by Gasteiger charge is -2.10. The van der Waals surface area contributed by atoms with Crippen molar-refractivity contribution in [3.8, 4) is 0 Å². The quantitative estimate of drug-likeness (QED) is 0.0939. The van der Waals surface area contributed by atoms with Gasteiger partial charge in [0.25, 0.3) is 22.9 Å². The second-order valence-corrected chi connectivity index (χ2v) is 10.7. The molecule has 16 heteroatoms. The number of nitrogens with zero attached hydrogens (tertiary/aromatic N) is 2. The molecular weight excluding hydrogens is 584 g/mol.